The van der Waals surface area contributed by atoms with Gasteiger partial charge in [-0.1, -0.05) is 23.7 Å². The van der Waals surface area contributed by atoms with Crippen LogP contribution in [0.1, 0.15) is 17.0 Å². The number of ether oxygens (including phenoxy) is 1. The summed E-state index contributed by atoms with van der Waals surface area (Å²) in [7, 11) is 1.50. The topological polar surface area (TPSA) is 80.6 Å². The Labute approximate surface area is 206 Å². The van der Waals surface area contributed by atoms with Gasteiger partial charge in [-0.05, 0) is 79.7 Å². The van der Waals surface area contributed by atoms with Crippen molar-refractivity contribution >= 4 is 52.2 Å². The second-order valence-corrected chi connectivity index (χ2v) is 9.08. The van der Waals surface area contributed by atoms with Crippen molar-refractivity contribution < 1.29 is 19.1 Å². The number of rotatable bonds is 6. The number of aryl methyl sites for hydroxylation is 1. The highest BCUT2D eigenvalue weighted by atomic mass is 35.5. The van der Waals surface area contributed by atoms with E-state index in [1.165, 1.54) is 7.11 Å². The molecule has 0 aliphatic carbocycles. The van der Waals surface area contributed by atoms with Gasteiger partial charge in [0.25, 0.3) is 11.1 Å². The van der Waals surface area contributed by atoms with Crippen molar-refractivity contribution in [2.45, 2.75) is 13.8 Å². The summed E-state index contributed by atoms with van der Waals surface area (Å²) in [6.45, 7) is 3.52. The van der Waals surface area contributed by atoms with Gasteiger partial charge in [0.2, 0.25) is 5.91 Å². The van der Waals surface area contributed by atoms with E-state index in [0.717, 1.165) is 39.3 Å². The zero-order valence-corrected chi connectivity index (χ0v) is 20.4. The SMILES string of the molecule is COc1ccccc1NC(=O)CN1C(=O)S/C(=C/c2cc(C)n(-c3ccc(Cl)cc3)c2C)C1=O. The molecule has 0 bridgehead atoms. The molecule has 4 rings (SSSR count). The number of hydrogen-bond acceptors (Lipinski definition) is 5. The van der Waals surface area contributed by atoms with E-state index in [9.17, 15) is 14.4 Å². The van der Waals surface area contributed by atoms with E-state index < -0.39 is 17.1 Å². The largest absolute Gasteiger partial charge is 0.495 e. The summed E-state index contributed by atoms with van der Waals surface area (Å²) >= 11 is 6.83. The van der Waals surface area contributed by atoms with Crippen LogP contribution in [0, 0.1) is 13.8 Å². The number of anilines is 1. The normalized spacial score (nSPS) is 14.7. The Morgan fingerprint density at radius 2 is 1.82 bits per heavy atom. The van der Waals surface area contributed by atoms with Crippen molar-refractivity contribution in [3.63, 3.8) is 0 Å². The van der Waals surface area contributed by atoms with Gasteiger partial charge in [-0.3, -0.25) is 19.3 Å². The number of methoxy groups -OCH3 is 1. The van der Waals surface area contributed by atoms with Gasteiger partial charge < -0.3 is 14.6 Å². The Balaban J connectivity index is 1.53. The molecule has 1 aromatic heterocycles. The van der Waals surface area contributed by atoms with E-state index in [1.807, 2.05) is 48.7 Å². The summed E-state index contributed by atoms with van der Waals surface area (Å²) < 4.78 is 7.27. The number of thioether (sulfide) groups is 1. The molecule has 1 saturated heterocycles. The number of halogens is 1. The first kappa shape index (κ1) is 23.7. The van der Waals surface area contributed by atoms with Crippen LogP contribution in [0.2, 0.25) is 5.02 Å². The second kappa shape index (κ2) is 9.79. The number of imide groups is 1. The molecule has 0 spiro atoms. The number of nitrogens with zero attached hydrogens (tertiary/aromatic N) is 2. The van der Waals surface area contributed by atoms with Gasteiger partial charge in [-0.25, -0.2) is 0 Å². The van der Waals surface area contributed by atoms with Gasteiger partial charge in [0.1, 0.15) is 12.3 Å². The van der Waals surface area contributed by atoms with Gasteiger partial charge in [0, 0.05) is 22.1 Å². The zero-order chi connectivity index (χ0) is 24.4. The Kier molecular flexibility index (Phi) is 6.81. The number of amides is 3. The molecule has 0 atom stereocenters. The number of nitrogens with one attached hydrogen (secondary N) is 1. The second-order valence-electron chi connectivity index (χ2n) is 7.65. The first-order chi connectivity index (χ1) is 16.3. The van der Waals surface area contributed by atoms with Crippen LogP contribution < -0.4 is 10.1 Å². The Hall–Kier alpha value is -3.49. The average molecular weight is 496 g/mol. The summed E-state index contributed by atoms with van der Waals surface area (Å²) in [6, 6.07) is 16.3. The van der Waals surface area contributed by atoms with Crippen molar-refractivity contribution in [3.8, 4) is 11.4 Å². The van der Waals surface area contributed by atoms with Crippen LogP contribution in [-0.4, -0.2) is 40.2 Å². The standard InChI is InChI=1S/C25H22ClN3O4S/c1-15-12-17(16(2)29(15)19-10-8-18(26)9-11-19)13-22-24(31)28(25(32)34-22)14-23(30)27-20-6-4-5-7-21(20)33-3/h4-13H,14H2,1-3H3,(H,27,30)/b22-13+. The molecule has 1 aliphatic rings. The van der Waals surface area contributed by atoms with Crippen LogP contribution in [0.5, 0.6) is 5.75 Å². The summed E-state index contributed by atoms with van der Waals surface area (Å²) in [4.78, 5) is 39.2. The van der Waals surface area contributed by atoms with Crippen LogP contribution in [0.25, 0.3) is 11.8 Å². The highest BCUT2D eigenvalue weighted by Gasteiger charge is 2.36. The van der Waals surface area contributed by atoms with E-state index in [2.05, 4.69) is 5.32 Å². The monoisotopic (exact) mass is 495 g/mol. The number of hydrogen-bond donors (Lipinski definition) is 1. The van der Waals surface area contributed by atoms with E-state index in [1.54, 1.807) is 30.3 Å². The van der Waals surface area contributed by atoms with Crippen LogP contribution in [0.4, 0.5) is 10.5 Å². The molecular weight excluding hydrogens is 474 g/mol. The smallest absolute Gasteiger partial charge is 0.294 e. The maximum Gasteiger partial charge on any atom is 0.294 e. The fourth-order valence-corrected chi connectivity index (χ4v) is 4.74. The van der Waals surface area contributed by atoms with E-state index in [0.29, 0.717) is 16.5 Å². The highest BCUT2D eigenvalue weighted by molar-refractivity contribution is 8.18. The molecule has 0 radical (unpaired) electrons. The number of carbonyl (C=O) groups is 3. The Morgan fingerprint density at radius 3 is 2.53 bits per heavy atom. The third-order valence-corrected chi connectivity index (χ3v) is 6.56. The average Bonchev–Trinajstić information content (AvgIpc) is 3.24. The molecule has 34 heavy (non-hydrogen) atoms. The third kappa shape index (κ3) is 4.73. The lowest BCUT2D eigenvalue weighted by atomic mass is 10.2. The molecule has 1 fully saturated rings. The summed E-state index contributed by atoms with van der Waals surface area (Å²) in [5, 5.41) is 2.84. The lowest BCUT2D eigenvalue weighted by Gasteiger charge is -2.14. The molecule has 1 N–H and O–H groups in total. The van der Waals surface area contributed by atoms with Crippen LogP contribution in [0.15, 0.2) is 59.5 Å². The predicted molar refractivity (Wildman–Crippen MR) is 135 cm³/mol. The molecule has 3 aromatic rings. The van der Waals surface area contributed by atoms with E-state index >= 15 is 0 Å². The minimum absolute atomic E-state index is 0.270. The van der Waals surface area contributed by atoms with Crippen molar-refractivity contribution in [3.05, 3.63) is 81.5 Å². The minimum Gasteiger partial charge on any atom is -0.495 e. The van der Waals surface area contributed by atoms with Gasteiger partial charge in [0.15, 0.2) is 0 Å². The third-order valence-electron chi connectivity index (χ3n) is 5.40. The molecule has 7 nitrogen and oxygen atoms in total. The maximum absolute atomic E-state index is 12.9. The van der Waals surface area contributed by atoms with Gasteiger partial charge >= 0.3 is 0 Å². The van der Waals surface area contributed by atoms with Crippen molar-refractivity contribution in [1.29, 1.82) is 0 Å². The van der Waals surface area contributed by atoms with E-state index in [-0.39, 0.29) is 11.4 Å². The fraction of sp³-hybridized carbons (Fsp3) is 0.160. The lowest BCUT2D eigenvalue weighted by Crippen LogP contribution is -2.36. The highest BCUT2D eigenvalue weighted by Crippen LogP contribution is 2.34. The predicted octanol–water partition coefficient (Wildman–Crippen LogP) is 5.43. The molecule has 174 valence electrons. The minimum atomic E-state index is -0.499. The van der Waals surface area contributed by atoms with Crippen molar-refractivity contribution in [2.75, 3.05) is 19.0 Å². The van der Waals surface area contributed by atoms with E-state index in [4.69, 9.17) is 16.3 Å². The number of benzene rings is 2. The Morgan fingerprint density at radius 1 is 1.12 bits per heavy atom. The van der Waals surface area contributed by atoms with Gasteiger partial charge in [-0.2, -0.15) is 0 Å². The summed E-state index contributed by atoms with van der Waals surface area (Å²) in [6.07, 6.45) is 1.69. The number of carbonyl (C=O) groups excluding carboxylic acids is 3. The van der Waals surface area contributed by atoms with Crippen LogP contribution in [0.3, 0.4) is 0 Å². The molecule has 0 saturated carbocycles. The molecule has 9 heteroatoms. The summed E-state index contributed by atoms with van der Waals surface area (Å²) in [5.41, 5.74) is 4.12. The van der Waals surface area contributed by atoms with Crippen molar-refractivity contribution in [2.24, 2.45) is 0 Å². The first-order valence-electron chi connectivity index (χ1n) is 10.4. The van der Waals surface area contributed by atoms with Crippen LogP contribution >= 0.6 is 23.4 Å². The van der Waals surface area contributed by atoms with Crippen molar-refractivity contribution in [1.82, 2.24) is 9.47 Å². The molecule has 2 heterocycles. The number of aromatic nitrogens is 1. The zero-order valence-electron chi connectivity index (χ0n) is 18.8. The molecule has 3 amide bonds. The lowest BCUT2D eigenvalue weighted by molar-refractivity contribution is -0.127. The van der Waals surface area contributed by atoms with Gasteiger partial charge in [0.05, 0.1) is 17.7 Å². The first-order valence-corrected chi connectivity index (χ1v) is 11.6. The molecule has 0 unspecified atom stereocenters. The fourth-order valence-electron chi connectivity index (χ4n) is 3.78. The molecule has 1 aliphatic heterocycles. The molecular formula is C25H22ClN3O4S. The Bertz CT molecular complexity index is 1310. The van der Waals surface area contributed by atoms with Crippen LogP contribution in [-0.2, 0) is 9.59 Å². The number of para-hydroxylation sites is 2. The maximum atomic E-state index is 12.9. The van der Waals surface area contributed by atoms with Gasteiger partial charge in [-0.15, -0.1) is 0 Å². The summed E-state index contributed by atoms with van der Waals surface area (Å²) in [5.74, 6) is -0.503. The quantitative estimate of drug-likeness (QED) is 0.461. The molecule has 2 aromatic carbocycles.